The highest BCUT2D eigenvalue weighted by atomic mass is 127. The van der Waals surface area contributed by atoms with Crippen LogP contribution in [-0.4, -0.2) is 74.9 Å². The summed E-state index contributed by atoms with van der Waals surface area (Å²) >= 11 is 2.14. The summed E-state index contributed by atoms with van der Waals surface area (Å²) in [4.78, 5) is 51.0. The molecule has 5 heterocycles. The number of likely N-dealkylation sites (tertiary alicyclic amines) is 2. The van der Waals surface area contributed by atoms with E-state index in [2.05, 4.69) is 44.7 Å². The van der Waals surface area contributed by atoms with Crippen molar-refractivity contribution in [3.8, 4) is 0 Å². The molecule has 0 radical (unpaired) electrons. The SMILES string of the molecule is CC1CCCCCCN1C(=O)CN1C(=O)C2(CCN(C(=O)c3ccc4[nH]ncc4n3)CC2)c2c1ccc(F)c2CI. The van der Waals surface area contributed by atoms with Crippen LogP contribution in [0.1, 0.15) is 73.5 Å². The lowest BCUT2D eigenvalue weighted by Gasteiger charge is -2.39. The Bertz CT molecular complexity index is 1500. The molecule has 2 saturated heterocycles. The average molecular weight is 673 g/mol. The number of amides is 3. The van der Waals surface area contributed by atoms with Gasteiger partial charge >= 0.3 is 0 Å². The molecule has 3 aliphatic rings. The van der Waals surface area contributed by atoms with Crippen molar-refractivity contribution in [2.45, 2.75) is 67.8 Å². The number of rotatable bonds is 4. The fourth-order valence-corrected chi connectivity index (χ4v) is 7.59. The lowest BCUT2D eigenvalue weighted by Crippen LogP contribution is -2.52. The molecule has 0 bridgehead atoms. The van der Waals surface area contributed by atoms with Gasteiger partial charge in [-0.2, -0.15) is 5.10 Å². The van der Waals surface area contributed by atoms with E-state index < -0.39 is 5.41 Å². The molecular weight excluding hydrogens is 638 g/mol. The van der Waals surface area contributed by atoms with Gasteiger partial charge < -0.3 is 14.7 Å². The van der Waals surface area contributed by atoms with Crippen LogP contribution in [0.25, 0.3) is 11.0 Å². The number of carbonyl (C=O) groups is 3. The molecule has 1 N–H and O–H groups in total. The Morgan fingerprint density at radius 1 is 1.10 bits per heavy atom. The molecule has 216 valence electrons. The maximum absolute atomic E-state index is 15.2. The van der Waals surface area contributed by atoms with E-state index in [0.29, 0.717) is 64.9 Å². The van der Waals surface area contributed by atoms with Gasteiger partial charge in [-0.3, -0.25) is 19.5 Å². The number of carbonyl (C=O) groups excluding carboxylic acids is 3. The topological polar surface area (TPSA) is 102 Å². The van der Waals surface area contributed by atoms with Crippen LogP contribution in [-0.2, 0) is 19.4 Å². The Balaban J connectivity index is 1.27. The summed E-state index contributed by atoms with van der Waals surface area (Å²) in [7, 11) is 0. The number of benzene rings is 1. The van der Waals surface area contributed by atoms with Gasteiger partial charge in [0.05, 0.1) is 17.1 Å². The number of nitrogens with one attached hydrogen (secondary N) is 1. The first-order valence-corrected chi connectivity index (χ1v) is 16.0. The van der Waals surface area contributed by atoms with Gasteiger partial charge in [-0.25, -0.2) is 9.37 Å². The first-order chi connectivity index (χ1) is 19.8. The molecule has 41 heavy (non-hydrogen) atoms. The van der Waals surface area contributed by atoms with Gasteiger partial charge in [0.2, 0.25) is 11.8 Å². The molecule has 1 spiro atoms. The van der Waals surface area contributed by atoms with Crippen molar-refractivity contribution in [3.05, 3.63) is 53.1 Å². The molecule has 2 aromatic heterocycles. The number of alkyl halides is 1. The Morgan fingerprint density at radius 2 is 1.88 bits per heavy atom. The summed E-state index contributed by atoms with van der Waals surface area (Å²) in [5.41, 5.74) is 2.54. The number of hydrogen-bond donors (Lipinski definition) is 1. The molecule has 9 nitrogen and oxygen atoms in total. The summed E-state index contributed by atoms with van der Waals surface area (Å²) < 4.78 is 15.6. The fourth-order valence-electron chi connectivity index (χ4n) is 6.85. The van der Waals surface area contributed by atoms with E-state index in [4.69, 9.17) is 0 Å². The number of aromatic nitrogens is 3. The van der Waals surface area contributed by atoms with E-state index in [1.807, 2.05) is 4.90 Å². The van der Waals surface area contributed by atoms with E-state index >= 15 is 4.39 Å². The number of piperidine rings is 1. The monoisotopic (exact) mass is 672 g/mol. The van der Waals surface area contributed by atoms with E-state index in [-0.39, 0.29) is 36.1 Å². The largest absolute Gasteiger partial charge is 0.338 e. The maximum atomic E-state index is 15.2. The number of pyridine rings is 1. The third kappa shape index (κ3) is 4.89. The zero-order chi connectivity index (χ0) is 28.7. The van der Waals surface area contributed by atoms with Crippen molar-refractivity contribution in [1.29, 1.82) is 0 Å². The third-order valence-electron chi connectivity index (χ3n) is 9.13. The maximum Gasteiger partial charge on any atom is 0.272 e. The molecule has 1 unspecified atom stereocenters. The summed E-state index contributed by atoms with van der Waals surface area (Å²) in [6.07, 6.45) is 7.59. The Kier molecular flexibility index (Phi) is 7.73. The molecule has 3 amide bonds. The normalized spacial score (nSPS) is 20.8. The number of H-pyrrole nitrogens is 1. The smallest absolute Gasteiger partial charge is 0.272 e. The van der Waals surface area contributed by atoms with Crippen LogP contribution >= 0.6 is 22.6 Å². The fraction of sp³-hybridized carbons (Fsp3) is 0.500. The predicted octanol–water partition coefficient (Wildman–Crippen LogP) is 4.73. The Hall–Kier alpha value is -3.09. The summed E-state index contributed by atoms with van der Waals surface area (Å²) in [6, 6.07) is 6.63. The van der Waals surface area contributed by atoms with Gasteiger partial charge in [0, 0.05) is 41.4 Å². The minimum atomic E-state index is -0.973. The lowest BCUT2D eigenvalue weighted by atomic mass is 9.72. The predicted molar refractivity (Wildman–Crippen MR) is 161 cm³/mol. The first kappa shape index (κ1) is 28.0. The van der Waals surface area contributed by atoms with Gasteiger partial charge in [0.25, 0.3) is 5.91 Å². The standard InChI is InChI=1S/C30H34FIN6O3/c1-19-6-4-2-3-5-13-37(19)26(39)18-38-25-10-7-21(31)20(16-32)27(25)30(29(38)41)11-14-36(15-12-30)28(40)23-9-8-22-24(34-23)17-33-35-22/h7-10,17,19H,2-6,11-16,18H2,1H3,(H,33,35). The zero-order valence-corrected chi connectivity index (χ0v) is 25.3. The molecule has 11 heteroatoms. The van der Waals surface area contributed by atoms with Crippen LogP contribution in [0.2, 0.25) is 0 Å². The van der Waals surface area contributed by atoms with Crippen LogP contribution in [0.5, 0.6) is 0 Å². The summed E-state index contributed by atoms with van der Waals surface area (Å²) in [5.74, 6) is -0.779. The lowest BCUT2D eigenvalue weighted by molar-refractivity contribution is -0.134. The second-order valence-electron chi connectivity index (χ2n) is 11.5. The van der Waals surface area contributed by atoms with Gasteiger partial charge in [-0.15, -0.1) is 0 Å². The summed E-state index contributed by atoms with van der Waals surface area (Å²) in [6.45, 7) is 3.38. The van der Waals surface area contributed by atoms with Gasteiger partial charge in [0.1, 0.15) is 23.6 Å². The first-order valence-electron chi connectivity index (χ1n) is 14.4. The van der Waals surface area contributed by atoms with E-state index in [9.17, 15) is 14.4 Å². The van der Waals surface area contributed by atoms with Crippen molar-refractivity contribution in [3.63, 3.8) is 0 Å². The quantitative estimate of drug-likeness (QED) is 0.319. The van der Waals surface area contributed by atoms with Crippen LogP contribution in [0.3, 0.4) is 0 Å². The Morgan fingerprint density at radius 3 is 2.66 bits per heavy atom. The van der Waals surface area contributed by atoms with Crippen molar-refractivity contribution in [2.24, 2.45) is 0 Å². The van der Waals surface area contributed by atoms with E-state index in [1.165, 1.54) is 12.5 Å². The minimum absolute atomic E-state index is 0.0540. The number of halogens is 2. The zero-order valence-electron chi connectivity index (χ0n) is 23.2. The van der Waals surface area contributed by atoms with Gasteiger partial charge in [-0.05, 0) is 62.4 Å². The van der Waals surface area contributed by atoms with Gasteiger partial charge in [0.15, 0.2) is 0 Å². The molecule has 1 aromatic carbocycles. The summed E-state index contributed by atoms with van der Waals surface area (Å²) in [5, 5.41) is 6.81. The molecule has 0 aliphatic carbocycles. The second-order valence-corrected chi connectivity index (χ2v) is 12.2. The second kappa shape index (κ2) is 11.3. The molecule has 3 aliphatic heterocycles. The molecular formula is C30H34FIN6O3. The van der Waals surface area contributed by atoms with E-state index in [0.717, 1.165) is 31.2 Å². The van der Waals surface area contributed by atoms with Crippen molar-refractivity contribution < 1.29 is 18.8 Å². The molecule has 6 rings (SSSR count). The van der Waals surface area contributed by atoms with Crippen molar-refractivity contribution >= 4 is 57.0 Å². The number of fused-ring (bicyclic) bond motifs is 3. The van der Waals surface area contributed by atoms with Crippen LogP contribution < -0.4 is 4.90 Å². The number of hydrogen-bond acceptors (Lipinski definition) is 5. The third-order valence-corrected chi connectivity index (χ3v) is 9.89. The molecule has 3 aromatic rings. The average Bonchev–Trinajstić information content (AvgIpc) is 3.52. The highest BCUT2D eigenvalue weighted by Crippen LogP contribution is 2.50. The minimum Gasteiger partial charge on any atom is -0.338 e. The van der Waals surface area contributed by atoms with Crippen molar-refractivity contribution in [2.75, 3.05) is 31.1 Å². The number of nitrogens with zero attached hydrogens (tertiary/aromatic N) is 5. The molecule has 1 atom stereocenters. The van der Waals surface area contributed by atoms with Crippen LogP contribution in [0, 0.1) is 5.82 Å². The highest BCUT2D eigenvalue weighted by Gasteiger charge is 2.54. The van der Waals surface area contributed by atoms with Crippen LogP contribution in [0.4, 0.5) is 10.1 Å². The van der Waals surface area contributed by atoms with Gasteiger partial charge in [-0.1, -0.05) is 41.9 Å². The van der Waals surface area contributed by atoms with E-state index in [1.54, 1.807) is 34.2 Å². The van der Waals surface area contributed by atoms with Crippen molar-refractivity contribution in [1.82, 2.24) is 25.0 Å². The Labute approximate surface area is 252 Å². The number of anilines is 1. The van der Waals surface area contributed by atoms with Crippen LogP contribution in [0.15, 0.2) is 30.5 Å². The number of aromatic amines is 1. The molecule has 2 fully saturated rings. The molecule has 0 saturated carbocycles. The highest BCUT2D eigenvalue weighted by molar-refractivity contribution is 14.1.